The van der Waals surface area contributed by atoms with Crippen LogP contribution in [-0.2, 0) is 7.05 Å². The van der Waals surface area contributed by atoms with E-state index < -0.39 is 11.9 Å². The highest BCUT2D eigenvalue weighted by Crippen LogP contribution is 2.25. The monoisotopic (exact) mass is 623 g/mol. The highest BCUT2D eigenvalue weighted by atomic mass is 16.5. The third kappa shape index (κ3) is 6.60. The topological polar surface area (TPSA) is 130 Å². The van der Waals surface area contributed by atoms with Gasteiger partial charge in [-0.1, -0.05) is 36.3 Å². The number of fused-ring (bicyclic) bond motifs is 1. The Morgan fingerprint density at radius 1 is 0.957 bits per heavy atom. The fraction of sp³-hybridized carbons (Fsp3) is 0.162. The molecule has 3 N–H and O–H groups in total. The number of hydrogen-bond acceptors (Lipinski definition) is 7. The molecular formula is C37H33N7O3. The molecule has 0 fully saturated rings. The molecule has 3 aromatic carbocycles. The number of ether oxygens (including phenoxy) is 1. The van der Waals surface area contributed by atoms with Gasteiger partial charge in [-0.05, 0) is 86.7 Å². The maximum atomic E-state index is 14.3. The summed E-state index contributed by atoms with van der Waals surface area (Å²) in [6.45, 7) is 5.72. The Hall–Kier alpha value is -6.21. The molecule has 3 heterocycles. The zero-order valence-electron chi connectivity index (χ0n) is 26.4. The smallest absolute Gasteiger partial charge is 0.274 e. The highest BCUT2D eigenvalue weighted by molar-refractivity contribution is 5.97. The summed E-state index contributed by atoms with van der Waals surface area (Å²) in [6, 6.07) is 25.3. The van der Waals surface area contributed by atoms with Crippen LogP contribution in [0.15, 0.2) is 102 Å². The van der Waals surface area contributed by atoms with Gasteiger partial charge in [0.05, 0.1) is 29.4 Å². The van der Waals surface area contributed by atoms with Crippen LogP contribution in [0, 0.1) is 11.8 Å². The van der Waals surface area contributed by atoms with Crippen LogP contribution in [0.5, 0.6) is 5.75 Å². The number of nitrogens with two attached hydrogens (primary N) is 1. The van der Waals surface area contributed by atoms with E-state index in [-0.39, 0.29) is 23.2 Å². The summed E-state index contributed by atoms with van der Waals surface area (Å²) in [6.07, 6.45) is 3.38. The Bertz CT molecular complexity index is 2210. The number of anilines is 1. The van der Waals surface area contributed by atoms with E-state index in [2.05, 4.69) is 32.2 Å². The Balaban J connectivity index is 1.37. The molecule has 0 radical (unpaired) electrons. The van der Waals surface area contributed by atoms with Crippen LogP contribution in [0.3, 0.4) is 0 Å². The SMILES string of the molecule is CC(C)Oc1ccc(-c2cnc(N)c(C(=O)N[C@@H](C)c3cc4cccc(C#Cc5ccn(C)n5)c4c(=O)n3-c3ccccc3)n2)cc1. The van der Waals surface area contributed by atoms with Gasteiger partial charge in [0.1, 0.15) is 11.4 Å². The average molecular weight is 624 g/mol. The number of nitrogen functional groups attached to an aromatic ring is 1. The quantitative estimate of drug-likeness (QED) is 0.227. The van der Waals surface area contributed by atoms with Crippen LogP contribution in [0.25, 0.3) is 27.7 Å². The van der Waals surface area contributed by atoms with Gasteiger partial charge in [0.2, 0.25) is 0 Å². The van der Waals surface area contributed by atoms with Crippen LogP contribution in [-0.4, -0.2) is 36.3 Å². The van der Waals surface area contributed by atoms with Crippen molar-refractivity contribution in [2.24, 2.45) is 7.05 Å². The molecular weight excluding hydrogens is 590 g/mol. The lowest BCUT2D eigenvalue weighted by Crippen LogP contribution is -2.33. The largest absolute Gasteiger partial charge is 0.491 e. The maximum Gasteiger partial charge on any atom is 0.274 e. The van der Waals surface area contributed by atoms with Crippen LogP contribution in [0.1, 0.15) is 54.3 Å². The predicted octanol–water partition coefficient (Wildman–Crippen LogP) is 5.44. The first-order valence-electron chi connectivity index (χ1n) is 15.1. The van der Waals surface area contributed by atoms with Crippen molar-refractivity contribution in [3.63, 3.8) is 0 Å². The van der Waals surface area contributed by atoms with Crippen LogP contribution < -0.4 is 21.3 Å². The summed E-state index contributed by atoms with van der Waals surface area (Å²) in [5.74, 6) is 6.39. The van der Waals surface area contributed by atoms with Gasteiger partial charge in [-0.25, -0.2) is 9.97 Å². The second-order valence-corrected chi connectivity index (χ2v) is 11.3. The molecule has 0 aliphatic rings. The number of nitrogens with one attached hydrogen (secondary N) is 1. The zero-order chi connectivity index (χ0) is 33.1. The number of aryl methyl sites for hydroxylation is 1. The average Bonchev–Trinajstić information content (AvgIpc) is 3.49. The van der Waals surface area contributed by atoms with E-state index in [1.807, 2.05) is 119 Å². The third-order valence-corrected chi connectivity index (χ3v) is 7.46. The Morgan fingerprint density at radius 2 is 1.72 bits per heavy atom. The standard InChI is InChI=1S/C37H33N7O3/c1-23(2)47-30-17-14-25(15-18-30)31-22-39-35(38)34(41-31)36(45)40-24(3)32-21-27-10-8-9-26(13-16-28-19-20-43(4)42-28)33(27)37(46)44(32)29-11-6-5-7-12-29/h5-12,14-15,17-24H,1-4H3,(H2,38,39)(H,40,45)/t24-/m0/s1. The molecule has 6 aromatic rings. The van der Waals surface area contributed by atoms with Gasteiger partial charge in [0, 0.05) is 35.8 Å². The Labute approximate surface area is 271 Å². The first kappa shape index (κ1) is 30.8. The number of nitrogens with zero attached hydrogens (tertiary/aromatic N) is 5. The van der Waals surface area contributed by atoms with Crippen LogP contribution >= 0.6 is 0 Å². The number of carbonyl (C=O) groups excluding carboxylic acids is 1. The molecule has 0 unspecified atom stereocenters. The molecule has 1 atom stereocenters. The molecule has 0 aliphatic heterocycles. The molecule has 1 amide bonds. The van der Waals surface area contributed by atoms with Crippen molar-refractivity contribution in [1.29, 1.82) is 0 Å². The number of benzene rings is 3. The first-order chi connectivity index (χ1) is 22.7. The molecule has 10 heteroatoms. The highest BCUT2D eigenvalue weighted by Gasteiger charge is 2.22. The maximum absolute atomic E-state index is 14.3. The third-order valence-electron chi connectivity index (χ3n) is 7.46. The van der Waals surface area contributed by atoms with Crippen molar-refractivity contribution in [3.05, 3.63) is 130 Å². The molecule has 0 spiro atoms. The number of carbonyl (C=O) groups is 1. The lowest BCUT2D eigenvalue weighted by atomic mass is 10.0. The van der Waals surface area contributed by atoms with E-state index in [4.69, 9.17) is 10.5 Å². The predicted molar refractivity (Wildman–Crippen MR) is 182 cm³/mol. The number of hydrogen-bond donors (Lipinski definition) is 2. The second kappa shape index (κ2) is 13.0. The minimum absolute atomic E-state index is 0.00621. The lowest BCUT2D eigenvalue weighted by Gasteiger charge is -2.21. The fourth-order valence-corrected chi connectivity index (χ4v) is 5.28. The van der Waals surface area contributed by atoms with Crippen molar-refractivity contribution in [2.45, 2.75) is 32.9 Å². The van der Waals surface area contributed by atoms with E-state index in [1.165, 1.54) is 6.20 Å². The fourth-order valence-electron chi connectivity index (χ4n) is 5.28. The Kier molecular flexibility index (Phi) is 8.54. The molecule has 0 saturated carbocycles. The van der Waals surface area contributed by atoms with Gasteiger partial charge < -0.3 is 15.8 Å². The van der Waals surface area contributed by atoms with E-state index >= 15 is 0 Å². The lowest BCUT2D eigenvalue weighted by molar-refractivity contribution is 0.0934. The van der Waals surface area contributed by atoms with Gasteiger partial charge in [-0.2, -0.15) is 5.10 Å². The van der Waals surface area contributed by atoms with Crippen molar-refractivity contribution in [2.75, 3.05) is 5.73 Å². The van der Waals surface area contributed by atoms with Crippen molar-refractivity contribution >= 4 is 22.5 Å². The van der Waals surface area contributed by atoms with Gasteiger partial charge in [0.15, 0.2) is 11.5 Å². The Morgan fingerprint density at radius 3 is 2.43 bits per heavy atom. The summed E-state index contributed by atoms with van der Waals surface area (Å²) in [5.41, 5.74) is 9.50. The molecule has 10 nitrogen and oxygen atoms in total. The number of rotatable bonds is 7. The molecule has 6 rings (SSSR count). The van der Waals surface area contributed by atoms with E-state index in [0.717, 1.165) is 11.3 Å². The van der Waals surface area contributed by atoms with Crippen LogP contribution in [0.2, 0.25) is 0 Å². The van der Waals surface area contributed by atoms with Gasteiger partial charge in [-0.3, -0.25) is 18.8 Å². The summed E-state index contributed by atoms with van der Waals surface area (Å²) in [7, 11) is 1.82. The molecule has 47 heavy (non-hydrogen) atoms. The summed E-state index contributed by atoms with van der Waals surface area (Å²) >= 11 is 0. The summed E-state index contributed by atoms with van der Waals surface area (Å²) in [5, 5.41) is 8.47. The van der Waals surface area contributed by atoms with Gasteiger partial charge in [-0.15, -0.1) is 0 Å². The normalized spacial score (nSPS) is 11.6. The minimum atomic E-state index is -0.625. The minimum Gasteiger partial charge on any atom is -0.491 e. The van der Waals surface area contributed by atoms with Gasteiger partial charge >= 0.3 is 0 Å². The van der Waals surface area contributed by atoms with Crippen molar-refractivity contribution in [3.8, 4) is 34.5 Å². The number of pyridine rings is 1. The number of para-hydroxylation sites is 1. The summed E-state index contributed by atoms with van der Waals surface area (Å²) in [4.78, 5) is 36.8. The first-order valence-corrected chi connectivity index (χ1v) is 15.1. The van der Waals surface area contributed by atoms with Gasteiger partial charge in [0.25, 0.3) is 11.5 Å². The van der Waals surface area contributed by atoms with E-state index in [0.29, 0.717) is 39.1 Å². The van der Waals surface area contributed by atoms with Crippen molar-refractivity contribution < 1.29 is 9.53 Å². The van der Waals surface area contributed by atoms with Crippen LogP contribution in [0.4, 0.5) is 5.82 Å². The second-order valence-electron chi connectivity index (χ2n) is 11.3. The molecule has 0 bridgehead atoms. The molecule has 234 valence electrons. The number of aromatic nitrogens is 5. The molecule has 0 aliphatic carbocycles. The summed E-state index contributed by atoms with van der Waals surface area (Å²) < 4.78 is 9.01. The zero-order valence-corrected chi connectivity index (χ0v) is 26.4. The number of amides is 1. The van der Waals surface area contributed by atoms with Crippen molar-refractivity contribution in [1.82, 2.24) is 29.6 Å². The molecule has 3 aromatic heterocycles. The van der Waals surface area contributed by atoms with E-state index in [1.54, 1.807) is 9.25 Å². The van der Waals surface area contributed by atoms with E-state index in [9.17, 15) is 9.59 Å². The molecule has 0 saturated heterocycles.